The second-order valence-electron chi connectivity index (χ2n) is 3.91. The van der Waals surface area contributed by atoms with Crippen LogP contribution in [0.25, 0.3) is 0 Å². The first-order valence-corrected chi connectivity index (χ1v) is 5.25. The molecule has 1 atom stereocenters. The molecule has 0 amide bonds. The zero-order valence-corrected chi connectivity index (χ0v) is 9.32. The van der Waals surface area contributed by atoms with E-state index in [1.807, 2.05) is 0 Å². The van der Waals surface area contributed by atoms with Crippen LogP contribution in [0.3, 0.4) is 0 Å². The van der Waals surface area contributed by atoms with Gasteiger partial charge in [0.2, 0.25) is 0 Å². The van der Waals surface area contributed by atoms with E-state index in [2.05, 4.69) is 9.72 Å². The van der Waals surface area contributed by atoms with Crippen molar-refractivity contribution in [1.29, 1.82) is 0 Å². The fourth-order valence-corrected chi connectivity index (χ4v) is 1.95. The minimum atomic E-state index is -0.713. The molecule has 1 aliphatic heterocycles. The molecule has 17 heavy (non-hydrogen) atoms. The molecule has 0 N–H and O–H groups in total. The molecule has 1 aromatic heterocycles. The Morgan fingerprint density at radius 1 is 1.59 bits per heavy atom. The van der Waals surface area contributed by atoms with E-state index in [1.54, 1.807) is 4.90 Å². The maximum Gasteiger partial charge on any atom is 0.310 e. The summed E-state index contributed by atoms with van der Waals surface area (Å²) < 4.78 is 30.8. The third kappa shape index (κ3) is 2.35. The topological polar surface area (TPSA) is 42.4 Å². The summed E-state index contributed by atoms with van der Waals surface area (Å²) in [5.74, 6) is -1.93. The Kier molecular flexibility index (Phi) is 3.21. The Labute approximate surface area is 97.2 Å². The second kappa shape index (κ2) is 4.65. The zero-order valence-electron chi connectivity index (χ0n) is 9.32. The summed E-state index contributed by atoms with van der Waals surface area (Å²) >= 11 is 0. The first-order chi connectivity index (χ1) is 8.11. The van der Waals surface area contributed by atoms with E-state index in [0.29, 0.717) is 19.5 Å². The Balaban J connectivity index is 2.12. The molecule has 6 heteroatoms. The fraction of sp³-hybridized carbons (Fsp3) is 0.455. The molecule has 1 unspecified atom stereocenters. The molecule has 2 heterocycles. The summed E-state index contributed by atoms with van der Waals surface area (Å²) in [5.41, 5.74) is 0. The van der Waals surface area contributed by atoms with Crippen molar-refractivity contribution in [3.8, 4) is 0 Å². The number of nitrogens with zero attached hydrogens (tertiary/aromatic N) is 2. The van der Waals surface area contributed by atoms with Crippen LogP contribution in [0.5, 0.6) is 0 Å². The average Bonchev–Trinajstić information content (AvgIpc) is 2.77. The first kappa shape index (κ1) is 11.8. The second-order valence-corrected chi connectivity index (χ2v) is 3.91. The van der Waals surface area contributed by atoms with Crippen LogP contribution < -0.4 is 4.90 Å². The number of hydrogen-bond donors (Lipinski definition) is 0. The molecular formula is C11H12F2N2O2. The first-order valence-electron chi connectivity index (χ1n) is 5.25. The lowest BCUT2D eigenvalue weighted by Gasteiger charge is -2.17. The Hall–Kier alpha value is -1.72. The molecule has 0 aliphatic carbocycles. The van der Waals surface area contributed by atoms with Crippen LogP contribution in [0.1, 0.15) is 6.42 Å². The van der Waals surface area contributed by atoms with Crippen molar-refractivity contribution in [2.24, 2.45) is 5.92 Å². The number of esters is 1. The van der Waals surface area contributed by atoms with Gasteiger partial charge < -0.3 is 9.64 Å². The number of ether oxygens (including phenoxy) is 1. The minimum absolute atomic E-state index is 0.0813. The number of anilines is 1. The molecular weight excluding hydrogens is 230 g/mol. The SMILES string of the molecule is COC(=O)C1CCN(c2ncc(F)cc2F)C1. The Morgan fingerprint density at radius 2 is 2.35 bits per heavy atom. The van der Waals surface area contributed by atoms with Crippen molar-refractivity contribution >= 4 is 11.8 Å². The molecule has 0 saturated carbocycles. The molecule has 1 aromatic rings. The summed E-state index contributed by atoms with van der Waals surface area (Å²) in [4.78, 5) is 16.6. The van der Waals surface area contributed by atoms with E-state index in [-0.39, 0.29) is 17.7 Å². The van der Waals surface area contributed by atoms with Crippen molar-refractivity contribution < 1.29 is 18.3 Å². The maximum atomic E-state index is 13.5. The summed E-state index contributed by atoms with van der Waals surface area (Å²) in [6.45, 7) is 0.859. The highest BCUT2D eigenvalue weighted by molar-refractivity contribution is 5.74. The third-order valence-corrected chi connectivity index (χ3v) is 2.81. The highest BCUT2D eigenvalue weighted by Gasteiger charge is 2.30. The predicted octanol–water partition coefficient (Wildman–Crippen LogP) is 1.36. The van der Waals surface area contributed by atoms with Crippen LogP contribution in [0.4, 0.5) is 14.6 Å². The molecule has 1 aliphatic rings. The predicted molar refractivity (Wildman–Crippen MR) is 56.5 cm³/mol. The summed E-state index contributed by atoms with van der Waals surface area (Å²) in [5, 5.41) is 0. The van der Waals surface area contributed by atoms with E-state index in [0.717, 1.165) is 12.3 Å². The number of carbonyl (C=O) groups excluding carboxylic acids is 1. The fourth-order valence-electron chi connectivity index (χ4n) is 1.95. The lowest BCUT2D eigenvalue weighted by Crippen LogP contribution is -2.25. The van der Waals surface area contributed by atoms with Gasteiger partial charge in [-0.2, -0.15) is 0 Å². The van der Waals surface area contributed by atoms with Gasteiger partial charge in [0.15, 0.2) is 11.6 Å². The van der Waals surface area contributed by atoms with Crippen molar-refractivity contribution in [1.82, 2.24) is 4.98 Å². The highest BCUT2D eigenvalue weighted by atomic mass is 19.1. The molecule has 0 radical (unpaired) electrons. The summed E-state index contributed by atoms with van der Waals surface area (Å²) in [6, 6.07) is 0.786. The molecule has 4 nitrogen and oxygen atoms in total. The monoisotopic (exact) mass is 242 g/mol. The Morgan fingerprint density at radius 3 is 3.00 bits per heavy atom. The normalized spacial score (nSPS) is 19.5. The van der Waals surface area contributed by atoms with Gasteiger partial charge in [-0.25, -0.2) is 13.8 Å². The minimum Gasteiger partial charge on any atom is -0.469 e. The molecule has 1 saturated heterocycles. The van der Waals surface area contributed by atoms with E-state index < -0.39 is 11.6 Å². The average molecular weight is 242 g/mol. The van der Waals surface area contributed by atoms with Crippen LogP contribution in [0.2, 0.25) is 0 Å². The lowest BCUT2D eigenvalue weighted by molar-refractivity contribution is -0.144. The number of pyridine rings is 1. The number of hydrogen-bond acceptors (Lipinski definition) is 4. The van der Waals surface area contributed by atoms with Gasteiger partial charge in [-0.1, -0.05) is 0 Å². The number of methoxy groups -OCH3 is 1. The molecule has 1 fully saturated rings. The number of aromatic nitrogens is 1. The number of carbonyl (C=O) groups is 1. The molecule has 2 rings (SSSR count). The lowest BCUT2D eigenvalue weighted by atomic mass is 10.1. The van der Waals surface area contributed by atoms with Crippen molar-refractivity contribution in [3.63, 3.8) is 0 Å². The molecule has 0 spiro atoms. The third-order valence-electron chi connectivity index (χ3n) is 2.81. The van der Waals surface area contributed by atoms with E-state index in [1.165, 1.54) is 7.11 Å². The van der Waals surface area contributed by atoms with Gasteiger partial charge in [0.1, 0.15) is 5.82 Å². The van der Waals surface area contributed by atoms with E-state index in [4.69, 9.17) is 0 Å². The van der Waals surface area contributed by atoms with Gasteiger partial charge in [-0.05, 0) is 6.42 Å². The smallest absolute Gasteiger partial charge is 0.310 e. The number of rotatable bonds is 2. The standard InChI is InChI=1S/C11H12F2N2O2/c1-17-11(16)7-2-3-15(6-7)10-9(13)4-8(12)5-14-10/h4-5,7H,2-3,6H2,1H3. The van der Waals surface area contributed by atoms with Gasteiger partial charge in [-0.15, -0.1) is 0 Å². The van der Waals surface area contributed by atoms with Gasteiger partial charge in [-0.3, -0.25) is 4.79 Å². The molecule has 0 bridgehead atoms. The van der Waals surface area contributed by atoms with Gasteiger partial charge in [0.25, 0.3) is 0 Å². The Bertz CT molecular complexity index is 439. The van der Waals surface area contributed by atoms with Crippen molar-refractivity contribution in [2.75, 3.05) is 25.1 Å². The largest absolute Gasteiger partial charge is 0.469 e. The number of halogens is 2. The van der Waals surface area contributed by atoms with Crippen LogP contribution in [0, 0.1) is 17.6 Å². The van der Waals surface area contributed by atoms with Gasteiger partial charge in [0.05, 0.1) is 19.2 Å². The molecule has 0 aromatic carbocycles. The quantitative estimate of drug-likeness (QED) is 0.734. The van der Waals surface area contributed by atoms with Crippen LogP contribution in [-0.2, 0) is 9.53 Å². The summed E-state index contributed by atoms with van der Waals surface area (Å²) in [7, 11) is 1.32. The summed E-state index contributed by atoms with van der Waals surface area (Å²) in [6.07, 6.45) is 1.55. The van der Waals surface area contributed by atoms with Crippen LogP contribution in [0.15, 0.2) is 12.3 Å². The van der Waals surface area contributed by atoms with Crippen LogP contribution in [-0.4, -0.2) is 31.2 Å². The van der Waals surface area contributed by atoms with E-state index >= 15 is 0 Å². The van der Waals surface area contributed by atoms with Crippen molar-refractivity contribution in [3.05, 3.63) is 23.9 Å². The molecule has 92 valence electrons. The highest BCUT2D eigenvalue weighted by Crippen LogP contribution is 2.25. The maximum absolute atomic E-state index is 13.5. The van der Waals surface area contributed by atoms with Gasteiger partial charge >= 0.3 is 5.97 Å². The van der Waals surface area contributed by atoms with Crippen LogP contribution >= 0.6 is 0 Å². The van der Waals surface area contributed by atoms with Gasteiger partial charge in [0, 0.05) is 19.2 Å². The zero-order chi connectivity index (χ0) is 12.4. The van der Waals surface area contributed by atoms with Crippen molar-refractivity contribution in [2.45, 2.75) is 6.42 Å². The van der Waals surface area contributed by atoms with E-state index in [9.17, 15) is 13.6 Å².